The maximum Gasteiger partial charge on any atom is 0.308 e. The second-order valence-corrected chi connectivity index (χ2v) is 7.87. The van der Waals surface area contributed by atoms with Gasteiger partial charge in [-0.2, -0.15) is 0 Å². The van der Waals surface area contributed by atoms with Crippen LogP contribution in [0, 0.1) is 0 Å². The average Bonchev–Trinajstić information content (AvgIpc) is 2.75. The summed E-state index contributed by atoms with van der Waals surface area (Å²) in [5.41, 5.74) is 0.840. The first-order valence-electron chi connectivity index (χ1n) is 8.76. The van der Waals surface area contributed by atoms with E-state index in [4.69, 9.17) is 23.7 Å². The van der Waals surface area contributed by atoms with Crippen LogP contribution in [0.15, 0.2) is 34.8 Å². The number of esters is 1. The van der Waals surface area contributed by atoms with E-state index in [1.807, 2.05) is 12.1 Å². The molecule has 0 heterocycles. The fourth-order valence-electron chi connectivity index (χ4n) is 2.86. The molecule has 2 aromatic carbocycles. The normalized spacial score (nSPS) is 12.6. The Bertz CT molecular complexity index is 913. The Morgan fingerprint density at radius 3 is 2.00 bits per heavy atom. The minimum Gasteiger partial charge on any atom is -0.497 e. The summed E-state index contributed by atoms with van der Waals surface area (Å²) in [6.45, 7) is 1.24. The number of hydrogen-bond acceptors (Lipinski definition) is 7. The molecule has 2 atom stereocenters. The van der Waals surface area contributed by atoms with Gasteiger partial charge in [-0.3, -0.25) is 9.59 Å². The zero-order chi connectivity index (χ0) is 22.4. The molecule has 0 fully saturated rings. The largest absolute Gasteiger partial charge is 0.497 e. The summed E-state index contributed by atoms with van der Waals surface area (Å²) in [7, 11) is 5.95. The summed E-state index contributed by atoms with van der Waals surface area (Å²) in [6, 6.07) is 8.71. The molecule has 0 aliphatic rings. The molecule has 0 aromatic heterocycles. The van der Waals surface area contributed by atoms with Gasteiger partial charge in [0.2, 0.25) is 0 Å². The zero-order valence-corrected chi connectivity index (χ0v) is 20.3. The average molecular weight is 546 g/mol. The number of methoxy groups -OCH3 is 4. The lowest BCUT2D eigenvalue weighted by Crippen LogP contribution is -2.25. The van der Waals surface area contributed by atoms with E-state index in [-0.39, 0.29) is 17.1 Å². The van der Waals surface area contributed by atoms with Crippen LogP contribution in [0.3, 0.4) is 0 Å². The smallest absolute Gasteiger partial charge is 0.308 e. The Kier molecular flexibility index (Phi) is 8.69. The summed E-state index contributed by atoms with van der Waals surface area (Å²) in [6.07, 6.45) is -0.626. The number of carbonyl (C=O) groups is 2. The van der Waals surface area contributed by atoms with Gasteiger partial charge in [0.1, 0.15) is 38.2 Å². The Hall–Kier alpha value is -2.10. The van der Waals surface area contributed by atoms with E-state index in [2.05, 4.69) is 31.9 Å². The predicted molar refractivity (Wildman–Crippen MR) is 118 cm³/mol. The Morgan fingerprint density at radius 2 is 1.53 bits per heavy atom. The fraction of sp³-hybridized carbons (Fsp3) is 0.333. The van der Waals surface area contributed by atoms with Crippen molar-refractivity contribution in [2.24, 2.45) is 0 Å². The monoisotopic (exact) mass is 544 g/mol. The molecule has 9 heteroatoms. The highest BCUT2D eigenvalue weighted by molar-refractivity contribution is 9.10. The van der Waals surface area contributed by atoms with Crippen LogP contribution < -0.4 is 18.9 Å². The van der Waals surface area contributed by atoms with Crippen molar-refractivity contribution in [2.45, 2.75) is 17.9 Å². The lowest BCUT2D eigenvalue weighted by Gasteiger charge is -2.23. The van der Waals surface area contributed by atoms with E-state index in [0.29, 0.717) is 16.0 Å². The van der Waals surface area contributed by atoms with Gasteiger partial charge in [0, 0.05) is 20.1 Å². The number of carbonyl (C=O) groups excluding carboxylic acids is 2. The minimum absolute atomic E-state index is 0.0118. The first-order valence-corrected chi connectivity index (χ1v) is 10.5. The van der Waals surface area contributed by atoms with Gasteiger partial charge in [0.25, 0.3) is 0 Å². The predicted octanol–water partition coefficient (Wildman–Crippen LogP) is 4.73. The highest BCUT2D eigenvalue weighted by Crippen LogP contribution is 2.45. The van der Waals surface area contributed by atoms with E-state index in [1.165, 1.54) is 28.3 Å². The standard InChI is InChI=1S/C21H22Br2O7/c1-11(24)30-21-16(14(27-3)10-15(28-4)17(21)22)19(25)18(23)20(29-5)12-6-8-13(26-2)9-7-12/h6-10,18,20H,1-5H3. The molecule has 0 aliphatic heterocycles. The number of hydrogen-bond donors (Lipinski definition) is 0. The Balaban J connectivity index is 2.55. The van der Waals surface area contributed by atoms with Gasteiger partial charge < -0.3 is 23.7 Å². The van der Waals surface area contributed by atoms with Gasteiger partial charge >= 0.3 is 5.97 Å². The second-order valence-electron chi connectivity index (χ2n) is 6.09. The second kappa shape index (κ2) is 10.8. The highest BCUT2D eigenvalue weighted by Gasteiger charge is 2.34. The van der Waals surface area contributed by atoms with Gasteiger partial charge in [-0.1, -0.05) is 28.1 Å². The zero-order valence-electron chi connectivity index (χ0n) is 17.2. The molecule has 0 aliphatic carbocycles. The van der Waals surface area contributed by atoms with Crippen molar-refractivity contribution in [3.05, 3.63) is 45.9 Å². The molecule has 2 unspecified atom stereocenters. The maximum atomic E-state index is 13.5. The highest BCUT2D eigenvalue weighted by atomic mass is 79.9. The minimum atomic E-state index is -0.806. The third-order valence-electron chi connectivity index (χ3n) is 4.30. The molecule has 7 nitrogen and oxygen atoms in total. The van der Waals surface area contributed by atoms with Crippen molar-refractivity contribution < 1.29 is 33.3 Å². The van der Waals surface area contributed by atoms with Crippen LogP contribution >= 0.6 is 31.9 Å². The number of ether oxygens (including phenoxy) is 5. The van der Waals surface area contributed by atoms with Crippen molar-refractivity contribution in [1.29, 1.82) is 0 Å². The third kappa shape index (κ3) is 5.14. The first kappa shape index (κ1) is 24.2. The molecule has 0 bridgehead atoms. The molecule has 0 spiro atoms. The topological polar surface area (TPSA) is 80.3 Å². The number of ketones is 1. The Morgan fingerprint density at radius 1 is 0.933 bits per heavy atom. The van der Waals surface area contributed by atoms with Crippen LogP contribution in [-0.2, 0) is 9.53 Å². The molecule has 2 rings (SSSR count). The first-order chi connectivity index (χ1) is 14.3. The SMILES string of the molecule is COc1ccc(C(OC)C(Br)C(=O)c2c(OC)cc(OC)c(Br)c2OC(C)=O)cc1. The maximum absolute atomic E-state index is 13.5. The van der Waals surface area contributed by atoms with Crippen LogP contribution in [-0.4, -0.2) is 45.0 Å². The van der Waals surface area contributed by atoms with Gasteiger partial charge in [-0.05, 0) is 33.6 Å². The van der Waals surface area contributed by atoms with Crippen molar-refractivity contribution in [1.82, 2.24) is 0 Å². The number of rotatable bonds is 9. The number of halogens is 2. The van der Waals surface area contributed by atoms with E-state index < -0.39 is 22.7 Å². The lowest BCUT2D eigenvalue weighted by atomic mass is 9.98. The molecule has 0 saturated carbocycles. The summed E-state index contributed by atoms with van der Waals surface area (Å²) < 4.78 is 27.1. The van der Waals surface area contributed by atoms with Crippen molar-refractivity contribution in [3.63, 3.8) is 0 Å². The fourth-order valence-corrected chi connectivity index (χ4v) is 4.17. The number of benzene rings is 2. The summed E-state index contributed by atoms with van der Waals surface area (Å²) in [5, 5.41) is 0. The van der Waals surface area contributed by atoms with Crippen molar-refractivity contribution in [2.75, 3.05) is 28.4 Å². The Labute approximate surface area is 191 Å². The van der Waals surface area contributed by atoms with Crippen LogP contribution in [0.4, 0.5) is 0 Å². The molecule has 0 N–H and O–H groups in total. The molecular weight excluding hydrogens is 524 g/mol. The van der Waals surface area contributed by atoms with Gasteiger partial charge in [-0.25, -0.2) is 0 Å². The van der Waals surface area contributed by atoms with E-state index in [9.17, 15) is 9.59 Å². The lowest BCUT2D eigenvalue weighted by molar-refractivity contribution is -0.131. The molecule has 2 aromatic rings. The summed E-state index contributed by atoms with van der Waals surface area (Å²) in [5.74, 6) is 0.259. The third-order valence-corrected chi connectivity index (χ3v) is 5.94. The van der Waals surface area contributed by atoms with Crippen molar-refractivity contribution >= 4 is 43.6 Å². The molecule has 30 heavy (non-hydrogen) atoms. The van der Waals surface area contributed by atoms with E-state index in [0.717, 1.165) is 5.56 Å². The summed E-state index contributed by atoms with van der Waals surface area (Å²) in [4.78, 5) is 24.4. The molecule has 0 saturated heterocycles. The number of alkyl halides is 1. The molecule has 0 amide bonds. The van der Waals surface area contributed by atoms with Crippen LogP contribution in [0.5, 0.6) is 23.0 Å². The van der Waals surface area contributed by atoms with Crippen LogP contribution in [0.2, 0.25) is 0 Å². The molecule has 0 radical (unpaired) electrons. The summed E-state index contributed by atoms with van der Waals surface area (Å²) >= 11 is 6.80. The molecular formula is C21H22Br2O7. The van der Waals surface area contributed by atoms with Gasteiger partial charge in [0.05, 0.1) is 21.3 Å². The molecule has 162 valence electrons. The number of Topliss-reactive ketones (excluding diaryl/α,β-unsaturated/α-hetero) is 1. The van der Waals surface area contributed by atoms with E-state index in [1.54, 1.807) is 25.3 Å². The quantitative estimate of drug-likeness (QED) is 0.195. The van der Waals surface area contributed by atoms with Gasteiger partial charge in [-0.15, -0.1) is 0 Å². The van der Waals surface area contributed by atoms with Crippen molar-refractivity contribution in [3.8, 4) is 23.0 Å². The van der Waals surface area contributed by atoms with Crippen LogP contribution in [0.25, 0.3) is 0 Å². The van der Waals surface area contributed by atoms with Gasteiger partial charge in [0.15, 0.2) is 11.5 Å². The van der Waals surface area contributed by atoms with E-state index >= 15 is 0 Å². The van der Waals surface area contributed by atoms with Crippen LogP contribution in [0.1, 0.15) is 28.9 Å².